The molecule has 0 saturated heterocycles. The molecule has 0 fully saturated rings. The van der Waals surface area contributed by atoms with Crippen molar-refractivity contribution >= 4 is 55.7 Å². The lowest BCUT2D eigenvalue weighted by molar-refractivity contribution is 0.973. The van der Waals surface area contributed by atoms with E-state index >= 15 is 0 Å². The first kappa shape index (κ1) is 28.2. The molecule has 46 heavy (non-hydrogen) atoms. The van der Waals surface area contributed by atoms with Crippen molar-refractivity contribution in [3.8, 4) is 0 Å². The van der Waals surface area contributed by atoms with Crippen LogP contribution in [-0.2, 0) is 6.42 Å². The second kappa shape index (κ2) is 11.2. The fourth-order valence-corrected chi connectivity index (χ4v) is 7.13. The van der Waals surface area contributed by atoms with Crippen molar-refractivity contribution in [3.63, 3.8) is 0 Å². The minimum absolute atomic E-state index is 0.980. The van der Waals surface area contributed by atoms with E-state index in [1.54, 1.807) is 0 Å². The largest absolute Gasteiger partial charge is 0.314 e. The molecular formula is C44H38N2. The number of hydrogen-bond acceptors (Lipinski definition) is 2. The Kier molecular flexibility index (Phi) is 6.87. The molecule has 0 spiro atoms. The predicted octanol–water partition coefficient (Wildman–Crippen LogP) is 11.3. The number of anilines is 5. The van der Waals surface area contributed by atoms with Crippen molar-refractivity contribution in [1.29, 1.82) is 0 Å². The van der Waals surface area contributed by atoms with E-state index in [0.717, 1.165) is 24.2 Å². The molecule has 0 aliphatic heterocycles. The molecule has 2 nitrogen and oxygen atoms in total. The van der Waals surface area contributed by atoms with Crippen LogP contribution < -0.4 is 15.0 Å². The van der Waals surface area contributed by atoms with Crippen molar-refractivity contribution in [3.05, 3.63) is 166 Å². The lowest BCUT2D eigenvalue weighted by Crippen LogP contribution is -2.27. The van der Waals surface area contributed by atoms with E-state index < -0.39 is 0 Å². The molecule has 0 aromatic heterocycles. The molecule has 0 bridgehead atoms. The molecule has 7 aromatic carbocycles. The van der Waals surface area contributed by atoms with E-state index in [9.17, 15) is 0 Å². The van der Waals surface area contributed by atoms with Crippen LogP contribution >= 0.6 is 0 Å². The third kappa shape index (κ3) is 4.82. The van der Waals surface area contributed by atoms with Gasteiger partial charge in [0.15, 0.2) is 0 Å². The quantitative estimate of drug-likeness (QED) is 0.189. The summed E-state index contributed by atoms with van der Waals surface area (Å²) in [5.41, 5.74) is 13.8. The first-order chi connectivity index (χ1) is 22.4. The molecule has 0 heterocycles. The number of rotatable bonds is 6. The van der Waals surface area contributed by atoms with Gasteiger partial charge in [-0.05, 0) is 117 Å². The molecule has 0 atom stereocenters. The maximum Gasteiger partial charge on any atom is 0.0540 e. The topological polar surface area (TPSA) is 6.48 Å². The fourth-order valence-electron chi connectivity index (χ4n) is 7.13. The Morgan fingerprint density at radius 3 is 1.35 bits per heavy atom. The van der Waals surface area contributed by atoms with Gasteiger partial charge in [-0.2, -0.15) is 0 Å². The van der Waals surface area contributed by atoms with Crippen molar-refractivity contribution in [2.75, 3.05) is 9.80 Å². The molecule has 0 radical (unpaired) electrons. The zero-order chi connectivity index (χ0) is 31.4. The summed E-state index contributed by atoms with van der Waals surface area (Å²) in [5.74, 6) is 0. The second-order valence-corrected chi connectivity index (χ2v) is 12.9. The lowest BCUT2D eigenvalue weighted by atomic mass is 9.87. The van der Waals surface area contributed by atoms with Crippen LogP contribution in [0.4, 0.5) is 28.4 Å². The van der Waals surface area contributed by atoms with E-state index in [-0.39, 0.29) is 0 Å². The van der Waals surface area contributed by atoms with E-state index in [2.05, 4.69) is 171 Å². The summed E-state index contributed by atoms with van der Waals surface area (Å²) in [5, 5.41) is 6.62. The summed E-state index contributed by atoms with van der Waals surface area (Å²) in [4.78, 5) is 4.90. The number of aryl methyl sites for hydroxylation is 5. The van der Waals surface area contributed by atoms with Gasteiger partial charge in [0, 0.05) is 39.1 Å². The van der Waals surface area contributed by atoms with Crippen LogP contribution in [0.1, 0.15) is 34.2 Å². The Bertz CT molecular complexity index is 2170. The highest BCUT2D eigenvalue weighted by Gasteiger charge is 2.24. The molecule has 7 aromatic rings. The average Bonchev–Trinajstić information content (AvgIpc) is 3.08. The first-order valence-corrected chi connectivity index (χ1v) is 16.3. The van der Waals surface area contributed by atoms with Crippen LogP contribution in [0.15, 0.2) is 133 Å². The summed E-state index contributed by atoms with van der Waals surface area (Å²) >= 11 is 0. The van der Waals surface area contributed by atoms with Gasteiger partial charge in [0.1, 0.15) is 0 Å². The second-order valence-electron chi connectivity index (χ2n) is 12.9. The fraction of sp³-hybridized carbons (Fsp3) is 0.136. The highest BCUT2D eigenvalue weighted by molar-refractivity contribution is 6.17. The van der Waals surface area contributed by atoms with Gasteiger partial charge >= 0.3 is 0 Å². The van der Waals surface area contributed by atoms with Crippen LogP contribution in [0.2, 0.25) is 0 Å². The number of benzene rings is 7. The van der Waals surface area contributed by atoms with E-state index in [1.807, 2.05) is 0 Å². The third-order valence-corrected chi connectivity index (χ3v) is 9.60. The zero-order valence-corrected chi connectivity index (χ0v) is 27.0. The van der Waals surface area contributed by atoms with Crippen molar-refractivity contribution in [1.82, 2.24) is 0 Å². The van der Waals surface area contributed by atoms with Crippen LogP contribution in [-0.4, -0.2) is 0 Å². The Hall–Kier alpha value is -5.34. The Morgan fingerprint density at radius 2 is 0.848 bits per heavy atom. The van der Waals surface area contributed by atoms with Gasteiger partial charge in [0.25, 0.3) is 0 Å². The van der Waals surface area contributed by atoms with Crippen molar-refractivity contribution < 1.29 is 0 Å². The summed E-state index contributed by atoms with van der Waals surface area (Å²) in [7, 11) is 0. The zero-order valence-electron chi connectivity index (χ0n) is 27.0. The van der Waals surface area contributed by atoms with Gasteiger partial charge in [0.05, 0.1) is 5.69 Å². The maximum atomic E-state index is 2.49. The van der Waals surface area contributed by atoms with Gasteiger partial charge < -0.3 is 9.80 Å². The maximum absolute atomic E-state index is 2.49. The Morgan fingerprint density at radius 1 is 0.391 bits per heavy atom. The first-order valence-electron chi connectivity index (χ1n) is 16.3. The van der Waals surface area contributed by atoms with E-state index in [1.165, 1.54) is 77.3 Å². The molecular weight excluding hydrogens is 556 g/mol. The van der Waals surface area contributed by atoms with Gasteiger partial charge in [-0.25, -0.2) is 0 Å². The molecule has 224 valence electrons. The molecule has 0 N–H and O–H groups in total. The molecule has 2 heteroatoms. The Balaban J connectivity index is 1.41. The molecule has 0 saturated carbocycles. The van der Waals surface area contributed by atoms with Gasteiger partial charge in [-0.1, -0.05) is 101 Å². The van der Waals surface area contributed by atoms with Crippen LogP contribution in [0.3, 0.4) is 0 Å². The highest BCUT2D eigenvalue weighted by Crippen LogP contribution is 2.43. The van der Waals surface area contributed by atoms with E-state index in [0.29, 0.717) is 0 Å². The highest BCUT2D eigenvalue weighted by atomic mass is 15.2. The van der Waals surface area contributed by atoms with Gasteiger partial charge in [-0.3, -0.25) is 0 Å². The molecule has 0 unspecified atom stereocenters. The predicted molar refractivity (Wildman–Crippen MR) is 197 cm³/mol. The van der Waals surface area contributed by atoms with E-state index in [4.69, 9.17) is 0 Å². The number of hydrogen-bond donors (Lipinski definition) is 0. The van der Waals surface area contributed by atoms with Gasteiger partial charge in [0.2, 0.25) is 0 Å². The van der Waals surface area contributed by atoms with Crippen molar-refractivity contribution in [2.45, 2.75) is 40.5 Å². The summed E-state index contributed by atoms with van der Waals surface area (Å²) in [6.07, 6.45) is 1.99. The van der Waals surface area contributed by atoms with Crippen LogP contribution in [0.5, 0.6) is 0 Å². The molecule has 8 rings (SSSR count). The smallest absolute Gasteiger partial charge is 0.0540 e. The molecule has 0 amide bonds. The summed E-state index contributed by atoms with van der Waals surface area (Å²) < 4.78 is 0. The minimum Gasteiger partial charge on any atom is -0.314 e. The third-order valence-electron chi connectivity index (χ3n) is 9.60. The standard InChI is InChI=1S/C44H38N2/c1-29-5-17-35(18-6-29)45(36-19-7-30(2)8-20-36)41-27-15-33-14-26-40-42(28-16-34-13-25-39(41)43(33)44(34)40)46(37-21-9-31(3)10-22-37)38-23-11-32(4)12-24-38/h5-15,17-27H,16,28H2,1-4H3. The van der Waals surface area contributed by atoms with Crippen LogP contribution in [0.25, 0.3) is 27.2 Å². The normalized spacial score (nSPS) is 12.6. The van der Waals surface area contributed by atoms with Gasteiger partial charge in [-0.15, -0.1) is 0 Å². The summed E-state index contributed by atoms with van der Waals surface area (Å²) in [6.45, 7) is 8.61. The monoisotopic (exact) mass is 594 g/mol. The molecule has 1 aliphatic carbocycles. The number of nitrogens with zero attached hydrogens (tertiary/aromatic N) is 2. The SMILES string of the molecule is Cc1ccc(N(C2=c3ccc4ccc(N(c5ccc(C)cc5)c5ccc(C)cc5)c5ccc(c3c45)CC2)c2ccc(C)cc2)cc1. The minimum atomic E-state index is 0.980. The van der Waals surface area contributed by atoms with Crippen molar-refractivity contribution in [2.24, 2.45) is 0 Å². The van der Waals surface area contributed by atoms with Crippen LogP contribution in [0, 0.1) is 27.7 Å². The Labute approximate surface area is 271 Å². The molecule has 1 aliphatic rings. The lowest BCUT2D eigenvalue weighted by Gasteiger charge is -2.32. The summed E-state index contributed by atoms with van der Waals surface area (Å²) in [6, 6.07) is 49.8. The average molecular weight is 595 g/mol.